The maximum atomic E-state index is 12.8. The molecule has 2 unspecified atom stereocenters. The number of hydrogen-bond donors (Lipinski definition) is 4. The van der Waals surface area contributed by atoms with Gasteiger partial charge in [0.15, 0.2) is 12.4 Å². The summed E-state index contributed by atoms with van der Waals surface area (Å²) in [5.41, 5.74) is 0. The molecule has 0 aliphatic carbocycles. The Bertz CT molecular complexity index is 1190. The number of esters is 2. The second-order valence-corrected chi connectivity index (χ2v) is 17.9. The Morgan fingerprint density at radius 3 is 1.53 bits per heavy atom. The zero-order chi connectivity index (χ0) is 43.4. The molecule has 0 amide bonds. The predicted molar refractivity (Wildman–Crippen MR) is 233 cm³/mol. The van der Waals surface area contributed by atoms with E-state index in [9.17, 15) is 37.9 Å². The number of rotatable bonds is 39. The van der Waals surface area contributed by atoms with E-state index in [4.69, 9.17) is 18.9 Å². The summed E-state index contributed by atoms with van der Waals surface area (Å²) in [5, 5.41) is 30.9. The Labute approximate surface area is 358 Å². The predicted octanol–water partition coefficient (Wildman–Crippen LogP) is 9.62. The van der Waals surface area contributed by atoms with E-state index in [2.05, 4.69) is 38.2 Å². The Kier molecular flexibility index (Phi) is 34.4. The fourth-order valence-electron chi connectivity index (χ4n) is 7.12. The molecule has 4 N–H and O–H groups in total. The summed E-state index contributed by atoms with van der Waals surface area (Å²) >= 11 is 0. The third-order valence-electron chi connectivity index (χ3n) is 10.8. The number of carbonyl (C=O) groups excluding carboxylic acids is 2. The van der Waals surface area contributed by atoms with Crippen LogP contribution in [0.1, 0.15) is 200 Å². The molecule has 0 radical (unpaired) electrons. The van der Waals surface area contributed by atoms with Crippen LogP contribution in [0, 0.1) is 0 Å². The minimum absolute atomic E-state index is 0.151. The van der Waals surface area contributed by atoms with Gasteiger partial charge in [0.2, 0.25) is 0 Å². The molecule has 1 aliphatic rings. The first-order chi connectivity index (χ1) is 28.5. The molecule has 0 aromatic heterocycles. The van der Waals surface area contributed by atoms with Crippen molar-refractivity contribution in [3.63, 3.8) is 0 Å². The smallest absolute Gasteiger partial charge is 0.306 e. The number of ether oxygens (including phenoxy) is 4. The van der Waals surface area contributed by atoms with Crippen molar-refractivity contribution >= 4 is 22.1 Å². The Hall–Kier alpha value is -1.87. The van der Waals surface area contributed by atoms with Crippen LogP contribution in [-0.4, -0.2) is 96.0 Å². The van der Waals surface area contributed by atoms with Crippen LogP contribution in [-0.2, 0) is 38.7 Å². The number of aliphatic hydroxyl groups excluding tert-OH is 3. The van der Waals surface area contributed by atoms with Crippen LogP contribution < -0.4 is 0 Å². The van der Waals surface area contributed by atoms with Gasteiger partial charge in [0.05, 0.1) is 6.61 Å². The fraction of sp³-hybridized carbons (Fsp3) is 0.870. The number of unbranched alkanes of at least 4 members (excludes halogenated alkanes) is 23. The first kappa shape index (κ1) is 55.1. The van der Waals surface area contributed by atoms with Crippen molar-refractivity contribution in [2.45, 2.75) is 237 Å². The molecule has 1 heterocycles. The average Bonchev–Trinajstić information content (AvgIpc) is 3.20. The summed E-state index contributed by atoms with van der Waals surface area (Å²) in [6.45, 7) is 3.74. The van der Waals surface area contributed by atoms with Crippen LogP contribution >= 0.6 is 0 Å². The molecule has 13 heteroatoms. The number of allylic oxidation sites excluding steroid dienone is 4. The van der Waals surface area contributed by atoms with E-state index < -0.39 is 71.2 Å². The van der Waals surface area contributed by atoms with Crippen LogP contribution in [0.15, 0.2) is 24.3 Å². The molecule has 6 atom stereocenters. The average molecular weight is 861 g/mol. The SMILES string of the molecule is CCCCC/C=C/C/C=C/CCCCCCCC(=O)O[C@H](COC(=O)CCCCCCCCCCCCCCCCCC)CO[C@H]1O[C@H](CS(=O)(=O)O)[C@@H](O)C(O)C1O. The van der Waals surface area contributed by atoms with Gasteiger partial charge in [0.25, 0.3) is 10.1 Å². The highest BCUT2D eigenvalue weighted by Gasteiger charge is 2.46. The highest BCUT2D eigenvalue weighted by Crippen LogP contribution is 2.24. The third kappa shape index (κ3) is 31.6. The van der Waals surface area contributed by atoms with E-state index in [-0.39, 0.29) is 19.4 Å². The lowest BCUT2D eigenvalue weighted by molar-refractivity contribution is -0.297. The van der Waals surface area contributed by atoms with Crippen LogP contribution in [0.2, 0.25) is 0 Å². The molecule has 0 spiro atoms. The quantitative estimate of drug-likeness (QED) is 0.0199. The second-order valence-electron chi connectivity index (χ2n) is 16.4. The molecule has 0 aromatic rings. The molecule has 1 aliphatic heterocycles. The van der Waals surface area contributed by atoms with Crippen molar-refractivity contribution in [2.24, 2.45) is 0 Å². The summed E-state index contributed by atoms with van der Waals surface area (Å²) in [6, 6.07) is 0. The van der Waals surface area contributed by atoms with E-state index in [0.29, 0.717) is 12.8 Å². The molecule has 1 fully saturated rings. The molecule has 12 nitrogen and oxygen atoms in total. The zero-order valence-electron chi connectivity index (χ0n) is 36.9. The molecule has 0 aromatic carbocycles. The van der Waals surface area contributed by atoms with Gasteiger partial charge in [-0.05, 0) is 44.9 Å². The van der Waals surface area contributed by atoms with Gasteiger partial charge in [-0.2, -0.15) is 8.42 Å². The molecule has 346 valence electrons. The van der Waals surface area contributed by atoms with Gasteiger partial charge in [-0.25, -0.2) is 0 Å². The molecular formula is C46H84O12S. The number of aliphatic hydroxyl groups is 3. The summed E-state index contributed by atoms with van der Waals surface area (Å²) in [7, 11) is -4.60. The van der Waals surface area contributed by atoms with Gasteiger partial charge in [0, 0.05) is 12.8 Å². The summed E-state index contributed by atoms with van der Waals surface area (Å²) in [5.74, 6) is -1.99. The minimum atomic E-state index is -4.60. The van der Waals surface area contributed by atoms with Gasteiger partial charge in [-0.15, -0.1) is 0 Å². The molecule has 0 bridgehead atoms. The molecular weight excluding hydrogens is 777 g/mol. The van der Waals surface area contributed by atoms with Gasteiger partial charge in [0.1, 0.15) is 36.8 Å². The van der Waals surface area contributed by atoms with Crippen molar-refractivity contribution < 1.29 is 56.8 Å². The maximum Gasteiger partial charge on any atom is 0.306 e. The highest BCUT2D eigenvalue weighted by atomic mass is 32.2. The third-order valence-corrected chi connectivity index (χ3v) is 11.5. The second kappa shape index (κ2) is 36.8. The van der Waals surface area contributed by atoms with Crippen molar-refractivity contribution in [2.75, 3.05) is 19.0 Å². The van der Waals surface area contributed by atoms with Crippen molar-refractivity contribution in [1.82, 2.24) is 0 Å². The summed E-state index contributed by atoms with van der Waals surface area (Å²) in [6.07, 6.45) is 30.7. The zero-order valence-corrected chi connectivity index (χ0v) is 37.7. The molecule has 1 rings (SSSR count). The number of carbonyl (C=O) groups is 2. The van der Waals surface area contributed by atoms with E-state index in [1.807, 2.05) is 0 Å². The Balaban J connectivity index is 2.43. The Morgan fingerprint density at radius 2 is 1.02 bits per heavy atom. The van der Waals surface area contributed by atoms with E-state index >= 15 is 0 Å². The van der Waals surface area contributed by atoms with Crippen LogP contribution in [0.3, 0.4) is 0 Å². The monoisotopic (exact) mass is 861 g/mol. The van der Waals surface area contributed by atoms with Crippen LogP contribution in [0.4, 0.5) is 0 Å². The van der Waals surface area contributed by atoms with Crippen molar-refractivity contribution in [1.29, 1.82) is 0 Å². The van der Waals surface area contributed by atoms with Gasteiger partial charge in [-0.1, -0.05) is 167 Å². The van der Waals surface area contributed by atoms with Crippen LogP contribution in [0.25, 0.3) is 0 Å². The topological polar surface area (TPSA) is 186 Å². The van der Waals surface area contributed by atoms with Crippen LogP contribution in [0.5, 0.6) is 0 Å². The lowest BCUT2D eigenvalue weighted by atomic mass is 10.00. The van der Waals surface area contributed by atoms with E-state index in [1.54, 1.807) is 0 Å². The van der Waals surface area contributed by atoms with Gasteiger partial charge >= 0.3 is 11.9 Å². The minimum Gasteiger partial charge on any atom is -0.462 e. The van der Waals surface area contributed by atoms with E-state index in [0.717, 1.165) is 64.2 Å². The van der Waals surface area contributed by atoms with Gasteiger partial charge < -0.3 is 34.3 Å². The fourth-order valence-corrected chi connectivity index (χ4v) is 7.81. The lowest BCUT2D eigenvalue weighted by Crippen LogP contribution is -2.60. The van der Waals surface area contributed by atoms with E-state index in [1.165, 1.54) is 96.3 Å². The lowest BCUT2D eigenvalue weighted by Gasteiger charge is -2.40. The normalized spacial score (nSPS) is 20.4. The largest absolute Gasteiger partial charge is 0.462 e. The standard InChI is InChI=1S/C46H84O12S/c1-3-5-7-9-11-13-15-17-19-21-22-24-26-28-30-32-34-41(47)55-36-39(37-56-46-45(51)44(50)43(49)40(58-46)38-59(52,53)54)57-42(48)35-33-31-29-27-25-23-20-18-16-14-12-10-8-6-4-2/h12,14,18,20,39-40,43-46,49-51H,3-11,13,15-17,19,21-38H2,1-2H3,(H,52,53,54)/b14-12+,20-18+/t39-,40-,43-,44?,45?,46+/m1/s1. The first-order valence-electron chi connectivity index (χ1n) is 23.4. The van der Waals surface area contributed by atoms with Gasteiger partial charge in [-0.3, -0.25) is 14.1 Å². The maximum absolute atomic E-state index is 12.8. The first-order valence-corrected chi connectivity index (χ1v) is 25.0. The van der Waals surface area contributed by atoms with Crippen molar-refractivity contribution in [3.8, 4) is 0 Å². The number of hydrogen-bond acceptors (Lipinski definition) is 11. The summed E-state index contributed by atoms with van der Waals surface area (Å²) < 4.78 is 54.1. The van der Waals surface area contributed by atoms with Crippen molar-refractivity contribution in [3.05, 3.63) is 24.3 Å². The molecule has 1 saturated heterocycles. The highest BCUT2D eigenvalue weighted by molar-refractivity contribution is 7.85. The molecule has 59 heavy (non-hydrogen) atoms. The summed E-state index contributed by atoms with van der Waals surface area (Å²) in [4.78, 5) is 25.4. The molecule has 0 saturated carbocycles. The Morgan fingerprint density at radius 1 is 0.576 bits per heavy atom.